The van der Waals surface area contributed by atoms with E-state index in [9.17, 15) is 8.42 Å². The van der Waals surface area contributed by atoms with Gasteiger partial charge in [0.2, 0.25) is 10.0 Å². The Kier molecular flexibility index (Phi) is 5.13. The van der Waals surface area contributed by atoms with E-state index in [0.717, 1.165) is 24.8 Å². The van der Waals surface area contributed by atoms with Gasteiger partial charge in [0, 0.05) is 24.1 Å². The van der Waals surface area contributed by atoms with Gasteiger partial charge < -0.3 is 5.73 Å². The van der Waals surface area contributed by atoms with Crippen LogP contribution in [-0.4, -0.2) is 25.8 Å². The third-order valence-corrected chi connectivity index (χ3v) is 7.02. The Morgan fingerprint density at radius 1 is 1.29 bits per heavy atom. The van der Waals surface area contributed by atoms with Crippen molar-refractivity contribution in [1.82, 2.24) is 4.31 Å². The van der Waals surface area contributed by atoms with Crippen LogP contribution in [0, 0.1) is 5.41 Å². The summed E-state index contributed by atoms with van der Waals surface area (Å²) in [6, 6.07) is 5.21. The smallest absolute Gasteiger partial charge is 0.244 e. The topological polar surface area (TPSA) is 63.4 Å². The van der Waals surface area contributed by atoms with Gasteiger partial charge in [0.1, 0.15) is 0 Å². The lowest BCUT2D eigenvalue weighted by molar-refractivity contribution is 0.315. The molecule has 0 aromatic heterocycles. The molecular formula is C15H23BrN2O2S. The molecule has 1 aromatic rings. The van der Waals surface area contributed by atoms with Crippen LogP contribution in [0.5, 0.6) is 0 Å². The van der Waals surface area contributed by atoms with Crippen molar-refractivity contribution in [3.63, 3.8) is 0 Å². The van der Waals surface area contributed by atoms with E-state index in [1.54, 1.807) is 22.5 Å². The molecule has 21 heavy (non-hydrogen) atoms. The van der Waals surface area contributed by atoms with Gasteiger partial charge in [-0.3, -0.25) is 0 Å². The maximum absolute atomic E-state index is 12.8. The van der Waals surface area contributed by atoms with Crippen LogP contribution in [-0.2, 0) is 16.6 Å². The van der Waals surface area contributed by atoms with Crippen molar-refractivity contribution in [3.05, 3.63) is 28.2 Å². The highest BCUT2D eigenvalue weighted by atomic mass is 79.9. The van der Waals surface area contributed by atoms with Crippen LogP contribution < -0.4 is 5.73 Å². The third kappa shape index (κ3) is 3.86. The molecule has 0 spiro atoms. The SMILES string of the molecule is CC1(C)CCCN(S(=O)(=O)c2ccc(CN)cc2Br)CC1. The van der Waals surface area contributed by atoms with E-state index in [2.05, 4.69) is 29.8 Å². The van der Waals surface area contributed by atoms with Crippen LogP contribution in [0.1, 0.15) is 38.7 Å². The number of hydrogen-bond acceptors (Lipinski definition) is 3. The van der Waals surface area contributed by atoms with Crippen LogP contribution >= 0.6 is 15.9 Å². The summed E-state index contributed by atoms with van der Waals surface area (Å²) in [5, 5.41) is 0. The van der Waals surface area contributed by atoms with E-state index in [0.29, 0.717) is 29.0 Å². The lowest BCUT2D eigenvalue weighted by Gasteiger charge is -2.23. The predicted octanol–water partition coefficient (Wildman–Crippen LogP) is 3.11. The zero-order chi connectivity index (χ0) is 15.7. The molecular weight excluding hydrogens is 352 g/mol. The van der Waals surface area contributed by atoms with E-state index >= 15 is 0 Å². The van der Waals surface area contributed by atoms with Crippen molar-refractivity contribution in [3.8, 4) is 0 Å². The molecule has 2 N–H and O–H groups in total. The second-order valence-corrected chi connectivity index (χ2v) is 9.15. The van der Waals surface area contributed by atoms with Gasteiger partial charge in [0.15, 0.2) is 0 Å². The molecule has 0 bridgehead atoms. The first kappa shape index (κ1) is 16.9. The minimum absolute atomic E-state index is 0.213. The average Bonchev–Trinajstić information content (AvgIpc) is 2.59. The maximum Gasteiger partial charge on any atom is 0.244 e. The number of sulfonamides is 1. The van der Waals surface area contributed by atoms with Gasteiger partial charge in [0.05, 0.1) is 4.90 Å². The number of rotatable bonds is 3. The first-order valence-electron chi connectivity index (χ1n) is 7.25. The molecule has 1 fully saturated rings. The van der Waals surface area contributed by atoms with Gasteiger partial charge in [-0.05, 0) is 58.3 Å². The number of nitrogens with zero attached hydrogens (tertiary/aromatic N) is 1. The summed E-state index contributed by atoms with van der Waals surface area (Å²) in [5.41, 5.74) is 6.72. The van der Waals surface area contributed by atoms with Crippen LogP contribution in [0.15, 0.2) is 27.6 Å². The highest BCUT2D eigenvalue weighted by molar-refractivity contribution is 9.10. The quantitative estimate of drug-likeness (QED) is 0.883. The zero-order valence-electron chi connectivity index (χ0n) is 12.6. The molecule has 0 radical (unpaired) electrons. The van der Waals surface area contributed by atoms with E-state index in [1.165, 1.54) is 0 Å². The molecule has 1 heterocycles. The fourth-order valence-corrected chi connectivity index (χ4v) is 5.22. The normalized spacial score (nSPS) is 20.2. The monoisotopic (exact) mass is 374 g/mol. The summed E-state index contributed by atoms with van der Waals surface area (Å²) >= 11 is 3.37. The van der Waals surface area contributed by atoms with Gasteiger partial charge in [-0.1, -0.05) is 19.9 Å². The van der Waals surface area contributed by atoms with Gasteiger partial charge in [-0.25, -0.2) is 8.42 Å². The van der Waals surface area contributed by atoms with Crippen LogP contribution in [0.3, 0.4) is 0 Å². The molecule has 4 nitrogen and oxygen atoms in total. The minimum Gasteiger partial charge on any atom is -0.326 e. The molecule has 2 rings (SSSR count). The second kappa shape index (κ2) is 6.36. The average molecular weight is 375 g/mol. The summed E-state index contributed by atoms with van der Waals surface area (Å²) in [6.45, 7) is 5.98. The lowest BCUT2D eigenvalue weighted by atomic mass is 9.85. The molecule has 0 aliphatic carbocycles. The van der Waals surface area contributed by atoms with Crippen molar-refractivity contribution in [2.24, 2.45) is 11.1 Å². The third-order valence-electron chi connectivity index (χ3n) is 4.15. The summed E-state index contributed by atoms with van der Waals surface area (Å²) in [5.74, 6) is 0. The molecule has 0 atom stereocenters. The molecule has 0 saturated carbocycles. The molecule has 0 unspecified atom stereocenters. The molecule has 0 amide bonds. The summed E-state index contributed by atoms with van der Waals surface area (Å²) < 4.78 is 27.9. The van der Waals surface area contributed by atoms with Gasteiger partial charge in [0.25, 0.3) is 0 Å². The Morgan fingerprint density at radius 3 is 2.62 bits per heavy atom. The number of hydrogen-bond donors (Lipinski definition) is 1. The van der Waals surface area contributed by atoms with E-state index in [-0.39, 0.29) is 5.41 Å². The summed E-state index contributed by atoms with van der Waals surface area (Å²) in [7, 11) is -3.45. The Balaban J connectivity index is 2.29. The van der Waals surface area contributed by atoms with Gasteiger partial charge in [-0.2, -0.15) is 4.31 Å². The molecule has 6 heteroatoms. The van der Waals surface area contributed by atoms with Gasteiger partial charge in [-0.15, -0.1) is 0 Å². The molecule has 1 aromatic carbocycles. The standard InChI is InChI=1S/C15H23BrN2O2S/c1-15(2)6-3-8-18(9-7-15)21(19,20)14-5-4-12(11-17)10-13(14)16/h4-5,10H,3,6-9,11,17H2,1-2H3. The van der Waals surface area contributed by atoms with Crippen molar-refractivity contribution in [1.29, 1.82) is 0 Å². The van der Waals surface area contributed by atoms with Crippen molar-refractivity contribution >= 4 is 26.0 Å². The number of nitrogens with two attached hydrogens (primary N) is 1. The fourth-order valence-electron chi connectivity index (χ4n) is 2.66. The molecule has 1 aliphatic rings. The highest BCUT2D eigenvalue weighted by Gasteiger charge is 2.31. The number of halogens is 1. The van der Waals surface area contributed by atoms with E-state index in [4.69, 9.17) is 5.73 Å². The zero-order valence-corrected chi connectivity index (χ0v) is 15.0. The second-order valence-electron chi connectivity index (χ2n) is 6.39. The molecule has 118 valence electrons. The van der Waals surface area contributed by atoms with Crippen LogP contribution in [0.25, 0.3) is 0 Å². The Labute approximate surface area is 135 Å². The van der Waals surface area contributed by atoms with Gasteiger partial charge >= 0.3 is 0 Å². The number of benzene rings is 1. The highest BCUT2D eigenvalue weighted by Crippen LogP contribution is 2.33. The van der Waals surface area contributed by atoms with Crippen molar-refractivity contribution in [2.75, 3.05) is 13.1 Å². The Morgan fingerprint density at radius 2 is 2.00 bits per heavy atom. The Hall–Kier alpha value is -0.430. The first-order chi connectivity index (χ1) is 9.76. The van der Waals surface area contributed by atoms with E-state index in [1.807, 2.05) is 0 Å². The Bertz CT molecular complexity index is 614. The van der Waals surface area contributed by atoms with Crippen LogP contribution in [0.2, 0.25) is 0 Å². The van der Waals surface area contributed by atoms with Crippen molar-refractivity contribution in [2.45, 2.75) is 44.6 Å². The first-order valence-corrected chi connectivity index (χ1v) is 9.48. The maximum atomic E-state index is 12.8. The fraction of sp³-hybridized carbons (Fsp3) is 0.600. The lowest BCUT2D eigenvalue weighted by Crippen LogP contribution is -2.32. The largest absolute Gasteiger partial charge is 0.326 e. The molecule has 1 aliphatic heterocycles. The van der Waals surface area contributed by atoms with Crippen LogP contribution in [0.4, 0.5) is 0 Å². The van der Waals surface area contributed by atoms with E-state index < -0.39 is 10.0 Å². The predicted molar refractivity (Wildman–Crippen MR) is 88.4 cm³/mol. The summed E-state index contributed by atoms with van der Waals surface area (Å²) in [6.07, 6.45) is 2.86. The minimum atomic E-state index is -3.45. The molecule has 1 saturated heterocycles. The van der Waals surface area contributed by atoms with Crippen molar-refractivity contribution < 1.29 is 8.42 Å². The summed E-state index contributed by atoms with van der Waals surface area (Å²) in [4.78, 5) is 0.333.